The van der Waals surface area contributed by atoms with Gasteiger partial charge in [-0.15, -0.1) is 0 Å². The molecule has 15 heavy (non-hydrogen) atoms. The van der Waals surface area contributed by atoms with Crippen LogP contribution in [0.1, 0.15) is 33.6 Å². The maximum Gasteiger partial charge on any atom is 0.323 e. The lowest BCUT2D eigenvalue weighted by molar-refractivity contribution is -0.151. The summed E-state index contributed by atoms with van der Waals surface area (Å²) in [5.41, 5.74) is 1.83. The molecule has 0 bridgehead atoms. The van der Waals surface area contributed by atoms with Crippen LogP contribution in [0.25, 0.3) is 0 Å². The number of hydrogen-bond acceptors (Lipinski definition) is 4. The molecule has 0 amide bonds. The van der Waals surface area contributed by atoms with Gasteiger partial charge in [0.25, 0.3) is 0 Å². The van der Waals surface area contributed by atoms with E-state index in [1.807, 2.05) is 0 Å². The largest absolute Gasteiger partial charge is 0.481 e. The summed E-state index contributed by atoms with van der Waals surface area (Å²) in [6.07, 6.45) is -0.224. The van der Waals surface area contributed by atoms with Gasteiger partial charge in [-0.25, -0.2) is 0 Å². The fourth-order valence-electron chi connectivity index (χ4n) is 0.749. The van der Waals surface area contributed by atoms with E-state index in [2.05, 4.69) is 5.48 Å². The van der Waals surface area contributed by atoms with Gasteiger partial charge >= 0.3 is 11.9 Å². The van der Waals surface area contributed by atoms with E-state index in [4.69, 9.17) is 15.1 Å². The van der Waals surface area contributed by atoms with Crippen molar-refractivity contribution in [2.24, 2.45) is 0 Å². The van der Waals surface area contributed by atoms with Crippen molar-refractivity contribution in [2.45, 2.75) is 45.3 Å². The average Bonchev–Trinajstić information content (AvgIpc) is 2.00. The molecule has 0 radical (unpaired) electrons. The van der Waals surface area contributed by atoms with E-state index in [1.165, 1.54) is 0 Å². The Morgan fingerprint density at radius 1 is 1.33 bits per heavy atom. The highest BCUT2D eigenvalue weighted by atomic mass is 16.7. The molecule has 0 heterocycles. The third-order valence-electron chi connectivity index (χ3n) is 1.45. The highest BCUT2D eigenvalue weighted by Gasteiger charge is 2.21. The number of hydrogen-bond donors (Lipinski definition) is 3. The highest BCUT2D eigenvalue weighted by Crippen LogP contribution is 2.06. The predicted octanol–water partition coefficient (Wildman–Crippen LogP) is 0.624. The van der Waals surface area contributed by atoms with Gasteiger partial charge in [0.1, 0.15) is 6.04 Å². The average molecular weight is 219 g/mol. The molecule has 88 valence electrons. The van der Waals surface area contributed by atoms with Crippen molar-refractivity contribution >= 4 is 11.9 Å². The molecule has 0 unspecified atom stereocenters. The lowest BCUT2D eigenvalue weighted by Gasteiger charge is -2.22. The Morgan fingerprint density at radius 3 is 2.20 bits per heavy atom. The molecule has 0 aromatic heterocycles. The first kappa shape index (κ1) is 13.9. The lowest BCUT2D eigenvalue weighted by atomic mass is 10.1. The second-order valence-corrected chi connectivity index (χ2v) is 4.16. The van der Waals surface area contributed by atoms with E-state index in [1.54, 1.807) is 20.8 Å². The molecular formula is C9H17NO5. The van der Waals surface area contributed by atoms with Crippen LogP contribution in [0.2, 0.25) is 0 Å². The third kappa shape index (κ3) is 7.90. The summed E-state index contributed by atoms with van der Waals surface area (Å²) in [6, 6.07) is -1.000. The van der Waals surface area contributed by atoms with Crippen LogP contribution >= 0.6 is 0 Å². The minimum Gasteiger partial charge on any atom is -0.481 e. The summed E-state index contributed by atoms with van der Waals surface area (Å²) in [6.45, 7) is 5.28. The number of rotatable bonds is 6. The van der Waals surface area contributed by atoms with Crippen molar-refractivity contribution in [2.75, 3.05) is 0 Å². The summed E-state index contributed by atoms with van der Waals surface area (Å²) in [5, 5.41) is 17.2. The second-order valence-electron chi connectivity index (χ2n) is 4.16. The first-order valence-corrected chi connectivity index (χ1v) is 4.60. The van der Waals surface area contributed by atoms with Crippen molar-refractivity contribution in [1.82, 2.24) is 5.48 Å². The molecule has 0 aliphatic rings. The third-order valence-corrected chi connectivity index (χ3v) is 1.45. The monoisotopic (exact) mass is 219 g/mol. The summed E-state index contributed by atoms with van der Waals surface area (Å²) in [7, 11) is 0. The molecule has 0 aliphatic carbocycles. The lowest BCUT2D eigenvalue weighted by Crippen LogP contribution is -2.41. The second kappa shape index (κ2) is 5.67. The van der Waals surface area contributed by atoms with Crippen LogP contribution in [0.5, 0.6) is 0 Å². The molecule has 0 saturated heterocycles. The van der Waals surface area contributed by atoms with Crippen LogP contribution in [0.3, 0.4) is 0 Å². The Morgan fingerprint density at radius 2 is 1.87 bits per heavy atom. The van der Waals surface area contributed by atoms with E-state index in [9.17, 15) is 9.59 Å². The van der Waals surface area contributed by atoms with Crippen molar-refractivity contribution in [3.63, 3.8) is 0 Å². The standard InChI is InChI=1S/C9H17NO5/c1-9(2,3)15-10-6(8(13)14)4-5-7(11)12/h6,10H,4-5H2,1-3H3,(H,11,12)(H,13,14)/t6-/m1/s1. The molecule has 0 fully saturated rings. The molecule has 0 spiro atoms. The number of nitrogens with one attached hydrogen (secondary N) is 1. The Hall–Kier alpha value is -1.14. The first-order valence-electron chi connectivity index (χ1n) is 4.60. The summed E-state index contributed by atoms with van der Waals surface area (Å²) in [4.78, 5) is 26.0. The van der Waals surface area contributed by atoms with Crippen molar-refractivity contribution in [3.8, 4) is 0 Å². The first-order chi connectivity index (χ1) is 6.72. The van der Waals surface area contributed by atoms with E-state index in [0.717, 1.165) is 0 Å². The minimum atomic E-state index is -1.12. The van der Waals surface area contributed by atoms with Gasteiger partial charge in [-0.1, -0.05) is 0 Å². The van der Waals surface area contributed by atoms with Crippen molar-refractivity contribution in [3.05, 3.63) is 0 Å². The van der Waals surface area contributed by atoms with E-state index in [0.29, 0.717) is 0 Å². The molecule has 0 aliphatic heterocycles. The Bertz CT molecular complexity index is 233. The normalized spacial score (nSPS) is 13.5. The topological polar surface area (TPSA) is 95.9 Å². The summed E-state index contributed by atoms with van der Waals surface area (Å²) in [5.74, 6) is -2.15. The smallest absolute Gasteiger partial charge is 0.323 e. The van der Waals surface area contributed by atoms with Crippen molar-refractivity contribution in [1.29, 1.82) is 0 Å². The van der Waals surface area contributed by atoms with Gasteiger partial charge in [0.2, 0.25) is 0 Å². The van der Waals surface area contributed by atoms with Gasteiger partial charge in [0.15, 0.2) is 0 Å². The Kier molecular flexibility index (Phi) is 5.24. The van der Waals surface area contributed by atoms with Crippen molar-refractivity contribution < 1.29 is 24.6 Å². The van der Waals surface area contributed by atoms with Crippen LogP contribution in [-0.4, -0.2) is 33.8 Å². The van der Waals surface area contributed by atoms with Gasteiger partial charge in [-0.3, -0.25) is 14.4 Å². The molecule has 0 aromatic carbocycles. The van der Waals surface area contributed by atoms with E-state index >= 15 is 0 Å². The van der Waals surface area contributed by atoms with Crippen LogP contribution in [0, 0.1) is 0 Å². The Balaban J connectivity index is 4.06. The van der Waals surface area contributed by atoms with Gasteiger partial charge < -0.3 is 10.2 Å². The molecule has 3 N–H and O–H groups in total. The zero-order valence-electron chi connectivity index (χ0n) is 9.11. The quantitative estimate of drug-likeness (QED) is 0.567. The predicted molar refractivity (Wildman–Crippen MR) is 52.3 cm³/mol. The van der Waals surface area contributed by atoms with Crippen LogP contribution in [0.4, 0.5) is 0 Å². The van der Waals surface area contributed by atoms with E-state index in [-0.39, 0.29) is 12.8 Å². The molecule has 0 aromatic rings. The molecule has 1 atom stereocenters. The van der Waals surface area contributed by atoms with E-state index < -0.39 is 23.6 Å². The highest BCUT2D eigenvalue weighted by molar-refractivity contribution is 5.74. The van der Waals surface area contributed by atoms with Crippen LogP contribution in [0.15, 0.2) is 0 Å². The number of carbonyl (C=O) groups is 2. The fourth-order valence-corrected chi connectivity index (χ4v) is 0.749. The van der Waals surface area contributed by atoms with Crippen LogP contribution in [-0.2, 0) is 14.4 Å². The Labute approximate surface area is 88.2 Å². The zero-order valence-corrected chi connectivity index (χ0v) is 9.11. The fraction of sp³-hybridized carbons (Fsp3) is 0.778. The molecular weight excluding hydrogens is 202 g/mol. The maximum absolute atomic E-state index is 10.7. The number of carboxylic acids is 2. The summed E-state index contributed by atoms with van der Waals surface area (Å²) < 4.78 is 0. The zero-order chi connectivity index (χ0) is 12.1. The molecule has 0 rings (SSSR count). The number of aliphatic carboxylic acids is 2. The molecule has 0 saturated carbocycles. The SMILES string of the molecule is CC(C)(C)ON[C@H](CCC(=O)O)C(=O)O. The van der Waals surface area contributed by atoms with Crippen LogP contribution < -0.4 is 5.48 Å². The molecule has 6 heteroatoms. The molecule has 6 nitrogen and oxygen atoms in total. The van der Waals surface area contributed by atoms with Gasteiger partial charge in [0, 0.05) is 6.42 Å². The maximum atomic E-state index is 10.7. The number of carboxylic acid groups (broad SMARTS) is 2. The minimum absolute atomic E-state index is 0.0131. The number of hydroxylamine groups is 1. The van der Waals surface area contributed by atoms with Gasteiger partial charge in [0.05, 0.1) is 5.60 Å². The summed E-state index contributed by atoms with van der Waals surface area (Å²) >= 11 is 0. The van der Waals surface area contributed by atoms with Gasteiger partial charge in [-0.2, -0.15) is 5.48 Å². The van der Waals surface area contributed by atoms with Gasteiger partial charge in [-0.05, 0) is 27.2 Å².